The Labute approximate surface area is 165 Å². The number of ether oxygens (including phenoxy) is 2. The van der Waals surface area contributed by atoms with Gasteiger partial charge < -0.3 is 9.47 Å². The van der Waals surface area contributed by atoms with Crippen LogP contribution in [-0.4, -0.2) is 49.9 Å². The van der Waals surface area contributed by atoms with E-state index in [1.165, 1.54) is 5.01 Å². The first-order valence-corrected chi connectivity index (χ1v) is 9.59. The molecule has 0 bridgehead atoms. The van der Waals surface area contributed by atoms with Gasteiger partial charge in [0, 0.05) is 13.1 Å². The Morgan fingerprint density at radius 3 is 2.39 bits per heavy atom. The van der Waals surface area contributed by atoms with Gasteiger partial charge in [0.05, 0.1) is 43.7 Å². The zero-order valence-electron chi connectivity index (χ0n) is 16.2. The van der Waals surface area contributed by atoms with Crippen LogP contribution in [0, 0.1) is 5.92 Å². The molecular formula is C22H25N3O3. The first-order chi connectivity index (χ1) is 13.7. The number of methoxy groups -OCH3 is 1. The number of carbonyl (C=O) groups excluding carboxylic acids is 1. The van der Waals surface area contributed by atoms with E-state index in [4.69, 9.17) is 9.47 Å². The SMILES string of the molecule is COc1ccc([C@@H]([C@@H]2C(=O)N(c3ccccc3)N=C2C)N2CCOCC2)cc1. The summed E-state index contributed by atoms with van der Waals surface area (Å²) in [7, 11) is 1.66. The number of nitrogens with zero attached hydrogens (tertiary/aromatic N) is 3. The quantitative estimate of drug-likeness (QED) is 0.801. The summed E-state index contributed by atoms with van der Waals surface area (Å²) >= 11 is 0. The molecule has 28 heavy (non-hydrogen) atoms. The molecule has 146 valence electrons. The fourth-order valence-corrected chi connectivity index (χ4v) is 3.97. The normalized spacial score (nSPS) is 21.5. The molecule has 2 atom stereocenters. The summed E-state index contributed by atoms with van der Waals surface area (Å²) in [5.41, 5.74) is 2.72. The molecule has 1 amide bonds. The molecule has 0 N–H and O–H groups in total. The summed E-state index contributed by atoms with van der Waals surface area (Å²) in [6, 6.07) is 17.5. The average Bonchev–Trinajstić information content (AvgIpc) is 3.05. The Hall–Kier alpha value is -2.70. The van der Waals surface area contributed by atoms with E-state index in [-0.39, 0.29) is 17.9 Å². The van der Waals surface area contributed by atoms with Gasteiger partial charge in [0.15, 0.2) is 0 Å². The molecule has 0 unspecified atom stereocenters. The minimum Gasteiger partial charge on any atom is -0.497 e. The molecule has 2 heterocycles. The maximum absolute atomic E-state index is 13.4. The van der Waals surface area contributed by atoms with E-state index in [1.54, 1.807) is 7.11 Å². The van der Waals surface area contributed by atoms with E-state index in [2.05, 4.69) is 10.0 Å². The molecule has 1 saturated heterocycles. The highest BCUT2D eigenvalue weighted by molar-refractivity contribution is 6.15. The van der Waals surface area contributed by atoms with Crippen molar-refractivity contribution in [3.63, 3.8) is 0 Å². The highest BCUT2D eigenvalue weighted by Gasteiger charge is 2.43. The predicted molar refractivity (Wildman–Crippen MR) is 109 cm³/mol. The van der Waals surface area contributed by atoms with Gasteiger partial charge in [-0.2, -0.15) is 5.10 Å². The van der Waals surface area contributed by atoms with Crippen molar-refractivity contribution in [3.05, 3.63) is 60.2 Å². The minimum atomic E-state index is -0.327. The number of benzene rings is 2. The number of amides is 1. The van der Waals surface area contributed by atoms with Crippen molar-refractivity contribution in [2.24, 2.45) is 11.0 Å². The summed E-state index contributed by atoms with van der Waals surface area (Å²) < 4.78 is 10.8. The third kappa shape index (κ3) is 3.53. The lowest BCUT2D eigenvalue weighted by Crippen LogP contribution is -2.45. The van der Waals surface area contributed by atoms with Crippen molar-refractivity contribution in [2.45, 2.75) is 13.0 Å². The summed E-state index contributed by atoms with van der Waals surface area (Å²) in [6.45, 7) is 4.87. The zero-order valence-corrected chi connectivity index (χ0v) is 16.2. The lowest BCUT2D eigenvalue weighted by Gasteiger charge is -2.37. The number of rotatable bonds is 5. The van der Waals surface area contributed by atoms with E-state index in [0.717, 1.165) is 35.8 Å². The van der Waals surface area contributed by atoms with Crippen molar-refractivity contribution in [1.29, 1.82) is 0 Å². The van der Waals surface area contributed by atoms with Crippen LogP contribution in [0.1, 0.15) is 18.5 Å². The molecule has 0 aromatic heterocycles. The molecule has 2 aliphatic heterocycles. The number of morpholine rings is 1. The summed E-state index contributed by atoms with van der Waals surface area (Å²) in [5.74, 6) is 0.487. The Kier molecular flexibility index (Phi) is 5.41. The second-order valence-corrected chi connectivity index (χ2v) is 7.07. The maximum atomic E-state index is 13.4. The fraction of sp³-hybridized carbons (Fsp3) is 0.364. The molecule has 2 aliphatic rings. The molecule has 0 aliphatic carbocycles. The minimum absolute atomic E-state index is 0.0102. The van der Waals surface area contributed by atoms with Crippen LogP contribution >= 0.6 is 0 Å². The van der Waals surface area contributed by atoms with Crippen molar-refractivity contribution < 1.29 is 14.3 Å². The van der Waals surface area contributed by atoms with Gasteiger partial charge in [-0.1, -0.05) is 30.3 Å². The van der Waals surface area contributed by atoms with Gasteiger partial charge in [0.25, 0.3) is 5.91 Å². The molecule has 0 spiro atoms. The third-order valence-electron chi connectivity index (χ3n) is 5.40. The van der Waals surface area contributed by atoms with E-state index >= 15 is 0 Å². The van der Waals surface area contributed by atoms with Crippen molar-refractivity contribution >= 4 is 17.3 Å². The van der Waals surface area contributed by atoms with E-state index < -0.39 is 0 Å². The average molecular weight is 379 g/mol. The highest BCUT2D eigenvalue weighted by Crippen LogP contribution is 2.37. The maximum Gasteiger partial charge on any atom is 0.258 e. The summed E-state index contributed by atoms with van der Waals surface area (Å²) in [6.07, 6.45) is 0. The van der Waals surface area contributed by atoms with Crippen LogP contribution in [0.5, 0.6) is 5.75 Å². The van der Waals surface area contributed by atoms with Crippen LogP contribution in [-0.2, 0) is 9.53 Å². The fourth-order valence-electron chi connectivity index (χ4n) is 3.97. The van der Waals surface area contributed by atoms with Gasteiger partial charge in [-0.15, -0.1) is 0 Å². The molecule has 4 rings (SSSR count). The molecule has 6 heteroatoms. The second kappa shape index (κ2) is 8.12. The lowest BCUT2D eigenvalue weighted by atomic mass is 9.87. The largest absolute Gasteiger partial charge is 0.497 e. The molecule has 0 radical (unpaired) electrons. The number of hydrazone groups is 1. The van der Waals surface area contributed by atoms with Gasteiger partial charge in [-0.3, -0.25) is 9.69 Å². The van der Waals surface area contributed by atoms with Crippen LogP contribution in [0.15, 0.2) is 59.7 Å². The highest BCUT2D eigenvalue weighted by atomic mass is 16.5. The van der Waals surface area contributed by atoms with Gasteiger partial charge in [-0.25, -0.2) is 5.01 Å². The Morgan fingerprint density at radius 1 is 1.07 bits per heavy atom. The molecule has 6 nitrogen and oxygen atoms in total. The molecule has 1 fully saturated rings. The van der Waals surface area contributed by atoms with Crippen molar-refractivity contribution in [2.75, 3.05) is 38.4 Å². The van der Waals surface area contributed by atoms with E-state index in [0.29, 0.717) is 13.2 Å². The van der Waals surface area contributed by atoms with Gasteiger partial charge in [0.2, 0.25) is 0 Å². The number of hydrogen-bond acceptors (Lipinski definition) is 5. The van der Waals surface area contributed by atoms with Crippen LogP contribution < -0.4 is 9.75 Å². The first-order valence-electron chi connectivity index (χ1n) is 9.59. The standard InChI is InChI=1S/C22H25N3O3/c1-16-20(22(26)25(23-16)18-6-4-3-5-7-18)21(24-12-14-28-15-13-24)17-8-10-19(27-2)11-9-17/h3-11,20-21H,12-15H2,1-2H3/t20-,21+/m1/s1. The Morgan fingerprint density at radius 2 is 1.75 bits per heavy atom. The topological polar surface area (TPSA) is 54.4 Å². The van der Waals surface area contributed by atoms with Crippen LogP contribution in [0.2, 0.25) is 0 Å². The molecule has 0 saturated carbocycles. The monoisotopic (exact) mass is 379 g/mol. The molecular weight excluding hydrogens is 354 g/mol. The van der Waals surface area contributed by atoms with Gasteiger partial charge >= 0.3 is 0 Å². The predicted octanol–water partition coefficient (Wildman–Crippen LogP) is 3.11. The van der Waals surface area contributed by atoms with Crippen molar-refractivity contribution in [1.82, 2.24) is 4.90 Å². The van der Waals surface area contributed by atoms with Crippen LogP contribution in [0.25, 0.3) is 0 Å². The summed E-state index contributed by atoms with van der Waals surface area (Å²) in [5, 5.41) is 6.15. The van der Waals surface area contributed by atoms with E-state index in [9.17, 15) is 4.79 Å². The van der Waals surface area contributed by atoms with Crippen LogP contribution in [0.4, 0.5) is 5.69 Å². The first kappa shape index (κ1) is 18.7. The molecule has 2 aromatic rings. The number of carbonyl (C=O) groups is 1. The lowest BCUT2D eigenvalue weighted by molar-refractivity contribution is -0.122. The van der Waals surface area contributed by atoms with Gasteiger partial charge in [-0.05, 0) is 36.8 Å². The van der Waals surface area contributed by atoms with Crippen LogP contribution in [0.3, 0.4) is 0 Å². The van der Waals surface area contributed by atoms with Gasteiger partial charge in [0.1, 0.15) is 5.75 Å². The smallest absolute Gasteiger partial charge is 0.258 e. The zero-order chi connectivity index (χ0) is 19.5. The third-order valence-corrected chi connectivity index (χ3v) is 5.40. The molecule has 2 aromatic carbocycles. The Balaban J connectivity index is 1.69. The van der Waals surface area contributed by atoms with Crippen molar-refractivity contribution in [3.8, 4) is 5.75 Å². The number of hydrogen-bond donors (Lipinski definition) is 0. The number of para-hydroxylation sites is 1. The Bertz CT molecular complexity index is 845. The second-order valence-electron chi connectivity index (χ2n) is 7.07. The van der Waals surface area contributed by atoms with E-state index in [1.807, 2.05) is 61.5 Å². The number of anilines is 1. The summed E-state index contributed by atoms with van der Waals surface area (Å²) in [4.78, 5) is 15.8.